The topological polar surface area (TPSA) is 114 Å². The average Bonchev–Trinajstić information content (AvgIpc) is 3.39. The van der Waals surface area contributed by atoms with Gasteiger partial charge >= 0.3 is 0 Å². The van der Waals surface area contributed by atoms with Gasteiger partial charge in [0.05, 0.1) is 24.1 Å². The van der Waals surface area contributed by atoms with Crippen LogP contribution in [0.2, 0.25) is 0 Å². The van der Waals surface area contributed by atoms with E-state index in [0.717, 1.165) is 74.1 Å². The summed E-state index contributed by atoms with van der Waals surface area (Å²) >= 11 is 0. The highest BCUT2D eigenvalue weighted by Crippen LogP contribution is 2.38. The lowest BCUT2D eigenvalue weighted by Gasteiger charge is -2.41. The first-order valence-electron chi connectivity index (χ1n) is 14.0. The van der Waals surface area contributed by atoms with Crippen LogP contribution in [0.4, 0.5) is 11.5 Å². The number of piperazine rings is 1. The van der Waals surface area contributed by atoms with E-state index in [2.05, 4.69) is 32.1 Å². The van der Waals surface area contributed by atoms with Gasteiger partial charge in [-0.05, 0) is 57.0 Å². The van der Waals surface area contributed by atoms with Gasteiger partial charge in [-0.25, -0.2) is 14.6 Å². The molecular formula is C30H36N8O2. The van der Waals surface area contributed by atoms with E-state index in [1.807, 2.05) is 47.1 Å². The summed E-state index contributed by atoms with van der Waals surface area (Å²) in [5.41, 5.74) is 9.78. The standard InChI is InChI=1S/C30H36N8O2/c1-36-14-16-37(17-15-36)22-9-11-23(12-10-22)38-29-26(28(31)32-19-33-29)27(35-38)20-8-13-24(25(18-20)40-2)30(39)34-21-6-4-3-5-7-21/h3-8,13,18-19,22-23H,9-12,14-17H2,1-2H3,(H,34,39)(H2,31,32,33). The van der Waals surface area contributed by atoms with Crippen molar-refractivity contribution < 1.29 is 9.53 Å². The van der Waals surface area contributed by atoms with Crippen LogP contribution in [-0.4, -0.2) is 81.8 Å². The highest BCUT2D eigenvalue weighted by molar-refractivity contribution is 6.07. The Hall–Kier alpha value is -4.02. The van der Waals surface area contributed by atoms with Crippen LogP contribution in [0, 0.1) is 0 Å². The molecule has 1 aliphatic heterocycles. The third-order valence-electron chi connectivity index (χ3n) is 8.34. The molecule has 1 amide bonds. The molecule has 10 heteroatoms. The van der Waals surface area contributed by atoms with Gasteiger partial charge in [0.1, 0.15) is 23.6 Å². The van der Waals surface area contributed by atoms with Crippen molar-refractivity contribution in [3.8, 4) is 17.0 Å². The van der Waals surface area contributed by atoms with E-state index in [-0.39, 0.29) is 11.9 Å². The summed E-state index contributed by atoms with van der Waals surface area (Å²) in [5, 5.41) is 8.72. The third kappa shape index (κ3) is 5.12. The zero-order chi connectivity index (χ0) is 27.6. The maximum absolute atomic E-state index is 13.0. The van der Waals surface area contributed by atoms with Crippen molar-refractivity contribution in [3.05, 3.63) is 60.4 Å². The van der Waals surface area contributed by atoms with Crippen LogP contribution in [0.25, 0.3) is 22.3 Å². The second-order valence-corrected chi connectivity index (χ2v) is 10.8. The summed E-state index contributed by atoms with van der Waals surface area (Å²) in [5.74, 6) is 0.601. The minimum absolute atomic E-state index is 0.243. The van der Waals surface area contributed by atoms with Crippen LogP contribution in [-0.2, 0) is 0 Å². The number of para-hydroxylation sites is 1. The van der Waals surface area contributed by atoms with Gasteiger partial charge in [0.15, 0.2) is 5.65 Å². The first-order valence-corrected chi connectivity index (χ1v) is 14.0. The molecule has 3 N–H and O–H groups in total. The predicted octanol–water partition coefficient (Wildman–Crippen LogP) is 4.07. The van der Waals surface area contributed by atoms with Crippen molar-refractivity contribution in [1.82, 2.24) is 29.5 Å². The number of amides is 1. The molecule has 0 spiro atoms. The Labute approximate surface area is 234 Å². The molecule has 4 aromatic rings. The Morgan fingerprint density at radius 1 is 0.975 bits per heavy atom. The summed E-state index contributed by atoms with van der Waals surface area (Å²) in [6.07, 6.45) is 5.88. The number of ether oxygens (including phenoxy) is 1. The molecule has 40 heavy (non-hydrogen) atoms. The Balaban J connectivity index is 1.27. The number of nitrogen functional groups attached to an aromatic ring is 1. The van der Waals surface area contributed by atoms with E-state index in [4.69, 9.17) is 15.6 Å². The summed E-state index contributed by atoms with van der Waals surface area (Å²) in [7, 11) is 3.76. The highest BCUT2D eigenvalue weighted by atomic mass is 16.5. The minimum Gasteiger partial charge on any atom is -0.496 e. The molecular weight excluding hydrogens is 504 g/mol. The van der Waals surface area contributed by atoms with E-state index >= 15 is 0 Å². The van der Waals surface area contributed by atoms with Gasteiger partial charge in [-0.2, -0.15) is 5.10 Å². The van der Waals surface area contributed by atoms with E-state index in [9.17, 15) is 4.79 Å². The number of methoxy groups -OCH3 is 1. The molecule has 0 unspecified atom stereocenters. The lowest BCUT2D eigenvalue weighted by Crippen LogP contribution is -2.49. The third-order valence-corrected chi connectivity index (χ3v) is 8.34. The molecule has 208 valence electrons. The quantitative estimate of drug-likeness (QED) is 0.376. The molecule has 1 saturated heterocycles. The molecule has 2 aromatic carbocycles. The van der Waals surface area contributed by atoms with Crippen molar-refractivity contribution in [1.29, 1.82) is 0 Å². The molecule has 3 heterocycles. The molecule has 10 nitrogen and oxygen atoms in total. The van der Waals surface area contributed by atoms with Crippen molar-refractivity contribution in [2.24, 2.45) is 0 Å². The number of benzene rings is 2. The van der Waals surface area contributed by atoms with E-state index in [0.29, 0.717) is 28.9 Å². The van der Waals surface area contributed by atoms with Gasteiger partial charge in [0, 0.05) is 43.5 Å². The highest BCUT2D eigenvalue weighted by Gasteiger charge is 2.31. The number of anilines is 2. The normalized spacial score (nSPS) is 20.4. The Morgan fingerprint density at radius 2 is 1.70 bits per heavy atom. The maximum atomic E-state index is 13.0. The number of carbonyl (C=O) groups excluding carboxylic acids is 1. The van der Waals surface area contributed by atoms with Crippen LogP contribution >= 0.6 is 0 Å². The smallest absolute Gasteiger partial charge is 0.259 e. The van der Waals surface area contributed by atoms with E-state index in [1.54, 1.807) is 13.2 Å². The second kappa shape index (κ2) is 11.2. The number of carbonyl (C=O) groups is 1. The lowest BCUT2D eigenvalue weighted by atomic mass is 9.90. The first-order chi connectivity index (χ1) is 19.5. The van der Waals surface area contributed by atoms with Crippen molar-refractivity contribution in [2.75, 3.05) is 51.4 Å². The number of hydrogen-bond donors (Lipinski definition) is 2. The molecule has 1 aliphatic carbocycles. The van der Waals surface area contributed by atoms with Gasteiger partial charge in [-0.15, -0.1) is 0 Å². The molecule has 0 radical (unpaired) electrons. The summed E-state index contributed by atoms with van der Waals surface area (Å²) < 4.78 is 7.69. The monoisotopic (exact) mass is 540 g/mol. The van der Waals surface area contributed by atoms with Gasteiger partial charge in [-0.3, -0.25) is 9.69 Å². The molecule has 1 saturated carbocycles. The fourth-order valence-electron chi connectivity index (χ4n) is 6.05. The van der Waals surface area contributed by atoms with Crippen molar-refractivity contribution in [3.63, 3.8) is 0 Å². The van der Waals surface area contributed by atoms with Crippen molar-refractivity contribution >= 4 is 28.4 Å². The van der Waals surface area contributed by atoms with E-state index in [1.165, 1.54) is 6.33 Å². The summed E-state index contributed by atoms with van der Waals surface area (Å²) in [6.45, 7) is 4.57. The number of nitrogens with two attached hydrogens (primary N) is 1. The van der Waals surface area contributed by atoms with E-state index < -0.39 is 0 Å². The number of likely N-dealkylation sites (N-methyl/N-ethyl adjacent to an activating group) is 1. The number of aromatic nitrogens is 4. The van der Waals surface area contributed by atoms with Crippen molar-refractivity contribution in [2.45, 2.75) is 37.8 Å². The zero-order valence-electron chi connectivity index (χ0n) is 23.1. The predicted molar refractivity (Wildman–Crippen MR) is 156 cm³/mol. The van der Waals surface area contributed by atoms with Crippen LogP contribution in [0.5, 0.6) is 5.75 Å². The average molecular weight is 541 g/mol. The number of nitrogens with zero attached hydrogens (tertiary/aromatic N) is 6. The molecule has 2 aromatic heterocycles. The van der Waals surface area contributed by atoms with Crippen LogP contribution < -0.4 is 15.8 Å². The fourth-order valence-corrected chi connectivity index (χ4v) is 6.05. The maximum Gasteiger partial charge on any atom is 0.259 e. The number of fused-ring (bicyclic) bond motifs is 1. The Morgan fingerprint density at radius 3 is 2.42 bits per heavy atom. The summed E-state index contributed by atoms with van der Waals surface area (Å²) in [6, 6.07) is 15.7. The second-order valence-electron chi connectivity index (χ2n) is 10.8. The SMILES string of the molecule is COc1cc(-c2nn(C3CCC(N4CCN(C)CC4)CC3)c3ncnc(N)c23)ccc1C(=O)Nc1ccccc1. The van der Waals surface area contributed by atoms with Crippen LogP contribution in [0.1, 0.15) is 42.1 Å². The molecule has 6 rings (SSSR count). The molecule has 2 fully saturated rings. The molecule has 2 aliphatic rings. The number of rotatable bonds is 6. The largest absolute Gasteiger partial charge is 0.496 e. The zero-order valence-corrected chi connectivity index (χ0v) is 23.1. The lowest BCUT2D eigenvalue weighted by molar-refractivity contribution is 0.0815. The fraction of sp³-hybridized carbons (Fsp3) is 0.400. The first kappa shape index (κ1) is 26.2. The summed E-state index contributed by atoms with van der Waals surface area (Å²) in [4.78, 5) is 27.0. The Kier molecular flexibility index (Phi) is 7.36. The van der Waals surface area contributed by atoms with Gasteiger partial charge in [0.25, 0.3) is 5.91 Å². The number of hydrogen-bond acceptors (Lipinski definition) is 8. The van der Waals surface area contributed by atoms with Gasteiger partial charge in [0.2, 0.25) is 0 Å². The Bertz CT molecular complexity index is 1490. The van der Waals surface area contributed by atoms with Crippen LogP contribution in [0.3, 0.4) is 0 Å². The number of nitrogens with one attached hydrogen (secondary N) is 1. The van der Waals surface area contributed by atoms with Crippen LogP contribution in [0.15, 0.2) is 54.9 Å². The minimum atomic E-state index is -0.245. The molecule has 0 atom stereocenters. The molecule has 0 bridgehead atoms. The van der Waals surface area contributed by atoms with Gasteiger partial charge in [-0.1, -0.05) is 24.3 Å². The van der Waals surface area contributed by atoms with Gasteiger partial charge < -0.3 is 20.7 Å².